The monoisotopic (exact) mass is 236 g/mol. The molecule has 0 heteroatoms. The molecule has 0 nitrogen and oxygen atoms in total. The summed E-state index contributed by atoms with van der Waals surface area (Å²) in [6.07, 6.45) is 0. The van der Waals surface area contributed by atoms with Crippen molar-refractivity contribution in [3.63, 3.8) is 0 Å². The number of hydrogen-bond acceptors (Lipinski definition) is 0. The molecule has 108 valence electrons. The third kappa shape index (κ3) is 0. The molecule has 16 heavy (non-hydrogen) atoms. The Morgan fingerprint density at radius 3 is 0.375 bits per heavy atom. The molecule has 0 aliphatic heterocycles. The second-order valence-electron chi connectivity index (χ2n) is 6.00. The van der Waals surface area contributed by atoms with Crippen LogP contribution in [-0.2, 0) is 0 Å². The molecular formula is C16H44. The molecule has 0 fully saturated rings. The molecule has 0 radical (unpaired) electrons. The average molecular weight is 237 g/mol. The first kappa shape index (κ1) is 36.0. The van der Waals surface area contributed by atoms with Crippen molar-refractivity contribution in [2.24, 2.45) is 10.8 Å². The fourth-order valence-corrected chi connectivity index (χ4v) is 0. The van der Waals surface area contributed by atoms with Gasteiger partial charge in [-0.05, 0) is 10.8 Å². The van der Waals surface area contributed by atoms with E-state index in [2.05, 4.69) is 55.4 Å². The minimum atomic E-state index is 0. The summed E-state index contributed by atoms with van der Waals surface area (Å²) in [5.74, 6) is 0. The van der Waals surface area contributed by atoms with Crippen LogP contribution in [0.3, 0.4) is 0 Å². The van der Waals surface area contributed by atoms with Crippen LogP contribution in [0.1, 0.15) is 97.9 Å². The van der Waals surface area contributed by atoms with Crippen molar-refractivity contribution in [2.45, 2.75) is 97.9 Å². The highest BCUT2D eigenvalue weighted by molar-refractivity contribution is 4.47. The van der Waals surface area contributed by atoms with Gasteiger partial charge in [-0.1, -0.05) is 97.9 Å². The van der Waals surface area contributed by atoms with Crippen LogP contribution in [0.15, 0.2) is 0 Å². The van der Waals surface area contributed by atoms with Gasteiger partial charge < -0.3 is 0 Å². The molecule has 0 saturated heterocycles. The van der Waals surface area contributed by atoms with Crippen molar-refractivity contribution in [2.75, 3.05) is 0 Å². The fourth-order valence-electron chi connectivity index (χ4n) is 0. The van der Waals surface area contributed by atoms with Crippen LogP contribution < -0.4 is 0 Å². The lowest BCUT2D eigenvalue weighted by atomic mass is 10.0. The molecule has 0 bridgehead atoms. The van der Waals surface area contributed by atoms with E-state index in [4.69, 9.17) is 0 Å². The van der Waals surface area contributed by atoms with E-state index in [-0.39, 0.29) is 14.9 Å². The maximum Gasteiger partial charge on any atom is -0.0411 e. The molecule has 0 aromatic heterocycles. The maximum absolute atomic E-state index is 2.19. The molecule has 0 heterocycles. The molecule has 0 aliphatic rings. The molecule has 0 N–H and O–H groups in total. The van der Waals surface area contributed by atoms with Gasteiger partial charge in [-0.2, -0.15) is 0 Å². The molecule has 0 unspecified atom stereocenters. The third-order valence-corrected chi connectivity index (χ3v) is 0. The lowest BCUT2D eigenvalue weighted by molar-refractivity contribution is 0.469. The van der Waals surface area contributed by atoms with E-state index < -0.39 is 0 Å². The average Bonchev–Trinajstić information content (AvgIpc) is 1.88. The van der Waals surface area contributed by atoms with Gasteiger partial charge in [0.25, 0.3) is 0 Å². The largest absolute Gasteiger partial charge is 0.0776 e. The van der Waals surface area contributed by atoms with Crippen molar-refractivity contribution >= 4 is 0 Å². The first-order valence-electron chi connectivity index (χ1n) is 6.00. The fraction of sp³-hybridized carbons (Fsp3) is 1.00. The molecule has 0 saturated carbocycles. The van der Waals surface area contributed by atoms with Crippen LogP contribution in [0.2, 0.25) is 0 Å². The Labute approximate surface area is 109 Å². The SMILES string of the molecule is C.C.CC.CC.CC(C)(C)C.CC(C)(C)C. The molecule has 0 aromatic carbocycles. The topological polar surface area (TPSA) is 0 Å². The Balaban J connectivity index is -0.0000000218. The van der Waals surface area contributed by atoms with Gasteiger partial charge in [0.1, 0.15) is 0 Å². The predicted octanol–water partition coefficient (Wildman–Crippen LogP) is 7.43. The van der Waals surface area contributed by atoms with E-state index in [1.165, 1.54) is 0 Å². The molecule has 0 aliphatic carbocycles. The summed E-state index contributed by atoms with van der Waals surface area (Å²) in [5, 5.41) is 0. The molecule has 0 atom stereocenters. The first-order chi connectivity index (χ1) is 6.00. The van der Waals surface area contributed by atoms with Gasteiger partial charge in [0.2, 0.25) is 0 Å². The lowest BCUT2D eigenvalue weighted by Gasteiger charge is -2.05. The van der Waals surface area contributed by atoms with Gasteiger partial charge in [-0.15, -0.1) is 0 Å². The second kappa shape index (κ2) is 20.4. The zero-order valence-electron chi connectivity index (χ0n) is 13.0. The highest BCUT2D eigenvalue weighted by Crippen LogP contribution is 2.08. The zero-order valence-corrected chi connectivity index (χ0v) is 13.0. The third-order valence-electron chi connectivity index (χ3n) is 0. The van der Waals surface area contributed by atoms with Crippen LogP contribution in [0.25, 0.3) is 0 Å². The summed E-state index contributed by atoms with van der Waals surface area (Å²) in [6.45, 7) is 25.5. The quantitative estimate of drug-likeness (QED) is 0.410. The number of hydrogen-bond donors (Lipinski definition) is 0. The maximum atomic E-state index is 2.19. The van der Waals surface area contributed by atoms with E-state index in [0.29, 0.717) is 10.8 Å². The van der Waals surface area contributed by atoms with Gasteiger partial charge >= 0.3 is 0 Å². The van der Waals surface area contributed by atoms with E-state index in [9.17, 15) is 0 Å². The summed E-state index contributed by atoms with van der Waals surface area (Å²) in [4.78, 5) is 0. The molecular weight excluding hydrogens is 192 g/mol. The minimum absolute atomic E-state index is 0. The Bertz CT molecular complexity index is 43.0. The van der Waals surface area contributed by atoms with E-state index in [1.807, 2.05) is 27.7 Å². The van der Waals surface area contributed by atoms with Crippen molar-refractivity contribution in [3.8, 4) is 0 Å². The Morgan fingerprint density at radius 2 is 0.375 bits per heavy atom. The van der Waals surface area contributed by atoms with Gasteiger partial charge in [-0.25, -0.2) is 0 Å². The van der Waals surface area contributed by atoms with Gasteiger partial charge in [-0.3, -0.25) is 0 Å². The van der Waals surface area contributed by atoms with Gasteiger partial charge in [0, 0.05) is 0 Å². The predicted molar refractivity (Wildman–Crippen MR) is 86.4 cm³/mol. The smallest absolute Gasteiger partial charge is 0.0411 e. The summed E-state index contributed by atoms with van der Waals surface area (Å²) in [6, 6.07) is 0. The van der Waals surface area contributed by atoms with Crippen molar-refractivity contribution < 1.29 is 0 Å². The van der Waals surface area contributed by atoms with Gasteiger partial charge in [0.05, 0.1) is 0 Å². The van der Waals surface area contributed by atoms with Crippen molar-refractivity contribution in [3.05, 3.63) is 0 Å². The first-order valence-corrected chi connectivity index (χ1v) is 6.00. The Hall–Kier alpha value is 0. The van der Waals surface area contributed by atoms with Gasteiger partial charge in [0.15, 0.2) is 0 Å². The standard InChI is InChI=1S/2C5H12.2C2H6.2CH4/c2*1-5(2,3)4;2*1-2;;/h2*1-4H3;2*1-2H3;2*1H4. The normalized spacial score (nSPS) is 8.25. The molecule has 0 aromatic rings. The summed E-state index contributed by atoms with van der Waals surface area (Å²) < 4.78 is 0. The highest BCUT2D eigenvalue weighted by atomic mass is 14.0. The molecule has 0 rings (SSSR count). The minimum Gasteiger partial charge on any atom is -0.0776 e. The molecule has 0 amide bonds. The van der Waals surface area contributed by atoms with Crippen molar-refractivity contribution in [1.29, 1.82) is 0 Å². The Kier molecular flexibility index (Phi) is 45.9. The van der Waals surface area contributed by atoms with E-state index in [1.54, 1.807) is 0 Å². The van der Waals surface area contributed by atoms with Crippen LogP contribution >= 0.6 is 0 Å². The van der Waals surface area contributed by atoms with Crippen LogP contribution in [0.5, 0.6) is 0 Å². The van der Waals surface area contributed by atoms with E-state index in [0.717, 1.165) is 0 Å². The highest BCUT2D eigenvalue weighted by Gasteiger charge is 1.96. The van der Waals surface area contributed by atoms with Crippen molar-refractivity contribution in [1.82, 2.24) is 0 Å². The van der Waals surface area contributed by atoms with E-state index >= 15 is 0 Å². The second-order valence-corrected chi connectivity index (χ2v) is 6.00. The molecule has 0 spiro atoms. The summed E-state index contributed by atoms with van der Waals surface area (Å²) in [5.41, 5.74) is 1.00. The van der Waals surface area contributed by atoms with Crippen LogP contribution in [0.4, 0.5) is 0 Å². The lowest BCUT2D eigenvalue weighted by Crippen LogP contribution is -1.93. The summed E-state index contributed by atoms with van der Waals surface area (Å²) in [7, 11) is 0. The van der Waals surface area contributed by atoms with Crippen LogP contribution in [-0.4, -0.2) is 0 Å². The summed E-state index contributed by atoms with van der Waals surface area (Å²) >= 11 is 0. The van der Waals surface area contributed by atoms with Crippen LogP contribution in [0, 0.1) is 10.8 Å². The zero-order chi connectivity index (χ0) is 13.0. The Morgan fingerprint density at radius 1 is 0.375 bits per heavy atom. The number of rotatable bonds is 0.